The van der Waals surface area contributed by atoms with Gasteiger partial charge in [-0.15, -0.1) is 0 Å². The van der Waals surface area contributed by atoms with Crippen molar-refractivity contribution in [2.45, 2.75) is 13.3 Å². The predicted octanol–water partition coefficient (Wildman–Crippen LogP) is 1.87. The second-order valence-electron chi connectivity index (χ2n) is 1.79. The Bertz CT molecular complexity index is 187. The molecular formula is C7H8O2. The Morgan fingerprint density at radius 2 is 2.56 bits per heavy atom. The van der Waals surface area contributed by atoms with Gasteiger partial charge in [-0.25, -0.2) is 0 Å². The maximum Gasteiger partial charge on any atom is 0.165 e. The first kappa shape index (κ1) is 6.08. The molecule has 1 rings (SSSR count). The molecule has 0 spiro atoms. The SMILES string of the molecule is CCC(=O)c1ccoc1. The fourth-order valence-corrected chi connectivity index (χ4v) is 0.627. The summed E-state index contributed by atoms with van der Waals surface area (Å²) in [7, 11) is 0. The molecular weight excluding hydrogens is 116 g/mol. The highest BCUT2D eigenvalue weighted by molar-refractivity contribution is 5.95. The van der Waals surface area contributed by atoms with Gasteiger partial charge in [0, 0.05) is 6.42 Å². The zero-order valence-corrected chi connectivity index (χ0v) is 5.26. The molecule has 0 atom stereocenters. The van der Waals surface area contributed by atoms with Gasteiger partial charge in [0.25, 0.3) is 0 Å². The van der Waals surface area contributed by atoms with Crippen LogP contribution in [-0.2, 0) is 0 Å². The molecule has 0 unspecified atom stereocenters. The van der Waals surface area contributed by atoms with E-state index >= 15 is 0 Å². The summed E-state index contributed by atoms with van der Waals surface area (Å²) >= 11 is 0. The molecule has 0 bridgehead atoms. The minimum absolute atomic E-state index is 0.128. The van der Waals surface area contributed by atoms with Gasteiger partial charge in [0.15, 0.2) is 5.78 Å². The lowest BCUT2D eigenvalue weighted by Crippen LogP contribution is -1.91. The van der Waals surface area contributed by atoms with Gasteiger partial charge in [-0.1, -0.05) is 6.92 Å². The molecule has 0 saturated heterocycles. The Morgan fingerprint density at radius 3 is 3.00 bits per heavy atom. The average Bonchev–Trinajstić information content (AvgIpc) is 2.37. The molecule has 0 aromatic carbocycles. The summed E-state index contributed by atoms with van der Waals surface area (Å²) in [4.78, 5) is 10.8. The number of hydrogen-bond acceptors (Lipinski definition) is 2. The molecule has 0 saturated carbocycles. The maximum absolute atomic E-state index is 10.8. The van der Waals surface area contributed by atoms with Crippen molar-refractivity contribution in [2.24, 2.45) is 0 Å². The molecule has 1 aromatic heterocycles. The summed E-state index contributed by atoms with van der Waals surface area (Å²) in [5.74, 6) is 0.128. The zero-order chi connectivity index (χ0) is 6.69. The van der Waals surface area contributed by atoms with E-state index in [1.807, 2.05) is 6.92 Å². The lowest BCUT2D eigenvalue weighted by Gasteiger charge is -1.85. The highest BCUT2D eigenvalue weighted by Gasteiger charge is 2.01. The number of ketones is 1. The number of Topliss-reactive ketones (excluding diaryl/α,β-unsaturated/α-hetero) is 1. The number of carbonyl (C=O) groups excluding carboxylic acids is 1. The number of hydrogen-bond donors (Lipinski definition) is 0. The van der Waals surface area contributed by atoms with Crippen LogP contribution in [0.1, 0.15) is 23.7 Å². The number of rotatable bonds is 2. The van der Waals surface area contributed by atoms with E-state index in [4.69, 9.17) is 4.42 Å². The third-order valence-electron chi connectivity index (χ3n) is 1.16. The molecule has 0 N–H and O–H groups in total. The Kier molecular flexibility index (Phi) is 1.68. The van der Waals surface area contributed by atoms with Gasteiger partial charge < -0.3 is 4.42 Å². The van der Waals surface area contributed by atoms with E-state index in [2.05, 4.69) is 0 Å². The van der Waals surface area contributed by atoms with E-state index in [1.54, 1.807) is 6.07 Å². The second-order valence-corrected chi connectivity index (χ2v) is 1.79. The molecule has 2 heteroatoms. The molecule has 1 heterocycles. The van der Waals surface area contributed by atoms with Gasteiger partial charge in [-0.05, 0) is 6.07 Å². The number of furan rings is 1. The van der Waals surface area contributed by atoms with E-state index in [0.717, 1.165) is 0 Å². The first-order valence-electron chi connectivity index (χ1n) is 2.90. The fourth-order valence-electron chi connectivity index (χ4n) is 0.627. The first-order chi connectivity index (χ1) is 4.34. The van der Waals surface area contributed by atoms with Crippen molar-refractivity contribution in [3.05, 3.63) is 24.2 Å². The molecule has 1 aromatic rings. The van der Waals surface area contributed by atoms with Crippen LogP contribution in [0.25, 0.3) is 0 Å². The third kappa shape index (κ3) is 1.19. The van der Waals surface area contributed by atoms with Crippen LogP contribution in [0.2, 0.25) is 0 Å². The van der Waals surface area contributed by atoms with Crippen LogP contribution in [0.5, 0.6) is 0 Å². The highest BCUT2D eigenvalue weighted by atomic mass is 16.3. The fraction of sp³-hybridized carbons (Fsp3) is 0.286. The Morgan fingerprint density at radius 1 is 1.78 bits per heavy atom. The van der Waals surface area contributed by atoms with Crippen LogP contribution in [0.15, 0.2) is 23.0 Å². The van der Waals surface area contributed by atoms with E-state index in [0.29, 0.717) is 12.0 Å². The van der Waals surface area contributed by atoms with Crippen LogP contribution in [-0.4, -0.2) is 5.78 Å². The molecule has 0 aliphatic rings. The quantitative estimate of drug-likeness (QED) is 0.563. The van der Waals surface area contributed by atoms with Gasteiger partial charge in [0.05, 0.1) is 11.8 Å². The van der Waals surface area contributed by atoms with Crippen molar-refractivity contribution >= 4 is 5.78 Å². The van der Waals surface area contributed by atoms with Crippen LogP contribution < -0.4 is 0 Å². The molecule has 9 heavy (non-hydrogen) atoms. The molecule has 0 radical (unpaired) electrons. The van der Waals surface area contributed by atoms with Crippen molar-refractivity contribution in [1.82, 2.24) is 0 Å². The van der Waals surface area contributed by atoms with E-state index in [9.17, 15) is 4.79 Å². The Labute approximate surface area is 53.5 Å². The second kappa shape index (κ2) is 2.49. The maximum atomic E-state index is 10.8. The molecule has 0 amide bonds. The standard InChI is InChI=1S/C7H8O2/c1-2-7(8)6-3-4-9-5-6/h3-5H,2H2,1H3. The lowest BCUT2D eigenvalue weighted by atomic mass is 10.2. The summed E-state index contributed by atoms with van der Waals surface area (Å²) in [5, 5.41) is 0. The predicted molar refractivity (Wildman–Crippen MR) is 33.3 cm³/mol. The van der Waals surface area contributed by atoms with Crippen LogP contribution in [0, 0.1) is 0 Å². The smallest absolute Gasteiger partial charge is 0.165 e. The topological polar surface area (TPSA) is 30.2 Å². The summed E-state index contributed by atoms with van der Waals surface area (Å²) in [5.41, 5.74) is 0.664. The van der Waals surface area contributed by atoms with Crippen molar-refractivity contribution in [3.8, 4) is 0 Å². The largest absolute Gasteiger partial charge is 0.472 e. The summed E-state index contributed by atoms with van der Waals surface area (Å²) in [6, 6.07) is 1.67. The minimum Gasteiger partial charge on any atom is -0.472 e. The molecule has 48 valence electrons. The van der Waals surface area contributed by atoms with Crippen LogP contribution in [0.4, 0.5) is 0 Å². The summed E-state index contributed by atoms with van der Waals surface area (Å²) in [6.07, 6.45) is 3.51. The molecule has 0 fully saturated rings. The first-order valence-corrected chi connectivity index (χ1v) is 2.90. The van der Waals surface area contributed by atoms with Gasteiger partial charge in [-0.2, -0.15) is 0 Å². The van der Waals surface area contributed by atoms with E-state index < -0.39 is 0 Å². The van der Waals surface area contributed by atoms with Gasteiger partial charge >= 0.3 is 0 Å². The molecule has 0 aliphatic carbocycles. The zero-order valence-electron chi connectivity index (χ0n) is 5.26. The normalized spacial score (nSPS) is 9.44. The number of carbonyl (C=O) groups is 1. The van der Waals surface area contributed by atoms with Crippen molar-refractivity contribution in [2.75, 3.05) is 0 Å². The minimum atomic E-state index is 0.128. The monoisotopic (exact) mass is 124 g/mol. The van der Waals surface area contributed by atoms with Crippen molar-refractivity contribution in [3.63, 3.8) is 0 Å². The Balaban J connectivity index is 2.77. The van der Waals surface area contributed by atoms with Crippen molar-refractivity contribution in [1.29, 1.82) is 0 Å². The van der Waals surface area contributed by atoms with E-state index in [-0.39, 0.29) is 5.78 Å². The van der Waals surface area contributed by atoms with Gasteiger partial charge in [0.2, 0.25) is 0 Å². The van der Waals surface area contributed by atoms with Crippen LogP contribution in [0.3, 0.4) is 0 Å². The summed E-state index contributed by atoms with van der Waals surface area (Å²) in [6.45, 7) is 1.83. The van der Waals surface area contributed by atoms with Crippen molar-refractivity contribution < 1.29 is 9.21 Å². The van der Waals surface area contributed by atoms with E-state index in [1.165, 1.54) is 12.5 Å². The van der Waals surface area contributed by atoms with Crippen LogP contribution >= 0.6 is 0 Å². The Hall–Kier alpha value is -1.05. The lowest BCUT2D eigenvalue weighted by molar-refractivity contribution is 0.0987. The van der Waals surface area contributed by atoms with Gasteiger partial charge in [0.1, 0.15) is 6.26 Å². The third-order valence-corrected chi connectivity index (χ3v) is 1.16. The molecule has 2 nitrogen and oxygen atoms in total. The summed E-state index contributed by atoms with van der Waals surface area (Å²) < 4.78 is 4.72. The van der Waals surface area contributed by atoms with Gasteiger partial charge in [-0.3, -0.25) is 4.79 Å². The molecule has 0 aliphatic heterocycles. The average molecular weight is 124 g/mol. The highest BCUT2D eigenvalue weighted by Crippen LogP contribution is 2.02.